The molecule has 0 aliphatic carbocycles. The van der Waals surface area contributed by atoms with Gasteiger partial charge in [-0.1, -0.05) is 26.0 Å². The van der Waals surface area contributed by atoms with Crippen LogP contribution >= 0.6 is 0 Å². The Kier molecular flexibility index (Phi) is 5.88. The molecule has 0 saturated carbocycles. The molecule has 0 radical (unpaired) electrons. The van der Waals surface area contributed by atoms with E-state index in [-0.39, 0.29) is 11.7 Å². The van der Waals surface area contributed by atoms with Crippen LogP contribution < -0.4 is 0 Å². The molecule has 1 aliphatic heterocycles. The molecule has 0 N–H and O–H groups in total. The van der Waals surface area contributed by atoms with Gasteiger partial charge in [-0.25, -0.2) is 27.1 Å². The number of imidazole rings is 1. The second-order valence-electron chi connectivity index (χ2n) is 8.48. The summed E-state index contributed by atoms with van der Waals surface area (Å²) in [4.78, 5) is 9.29. The maximum Gasteiger partial charge on any atom is 0.218 e. The van der Waals surface area contributed by atoms with Gasteiger partial charge in [0.1, 0.15) is 17.2 Å². The number of hydrogen-bond acceptors (Lipinski definition) is 4. The summed E-state index contributed by atoms with van der Waals surface area (Å²) >= 11 is 0. The number of hydrogen-bond donors (Lipinski definition) is 0. The summed E-state index contributed by atoms with van der Waals surface area (Å²) in [5.41, 5.74) is 2.24. The molecule has 1 unspecified atom stereocenters. The van der Waals surface area contributed by atoms with Gasteiger partial charge in [-0.15, -0.1) is 0 Å². The van der Waals surface area contributed by atoms with E-state index in [9.17, 15) is 12.8 Å². The Bertz CT molecular complexity index is 1140. The highest BCUT2D eigenvalue weighted by Gasteiger charge is 2.32. The SMILES string of the molecule is CC(C)Cn1c(CC2CCN(S(=O)(=O)Cc3cccc(F)c3)C2)nc2cccnc21. The molecular formula is C22H27FN4O2S. The fraction of sp³-hybridized carbons (Fsp3) is 0.455. The molecular weight excluding hydrogens is 403 g/mol. The molecule has 3 heterocycles. The summed E-state index contributed by atoms with van der Waals surface area (Å²) in [6.07, 6.45) is 3.29. The molecule has 0 amide bonds. The third-order valence-electron chi connectivity index (χ3n) is 5.48. The van der Waals surface area contributed by atoms with Crippen LogP contribution in [-0.2, 0) is 28.7 Å². The van der Waals surface area contributed by atoms with Gasteiger partial charge in [-0.2, -0.15) is 0 Å². The largest absolute Gasteiger partial charge is 0.312 e. The Hall–Kier alpha value is -2.32. The van der Waals surface area contributed by atoms with E-state index in [1.165, 1.54) is 16.4 Å². The van der Waals surface area contributed by atoms with Crippen molar-refractivity contribution in [3.05, 3.63) is 59.8 Å². The Morgan fingerprint density at radius 3 is 2.83 bits per heavy atom. The van der Waals surface area contributed by atoms with Crippen LogP contribution in [0.25, 0.3) is 11.2 Å². The molecule has 1 saturated heterocycles. The fourth-order valence-corrected chi connectivity index (χ4v) is 5.73. The van der Waals surface area contributed by atoms with Crippen LogP contribution in [0.1, 0.15) is 31.7 Å². The van der Waals surface area contributed by atoms with Crippen molar-refractivity contribution in [2.75, 3.05) is 13.1 Å². The Balaban J connectivity index is 1.49. The number of halogens is 1. The van der Waals surface area contributed by atoms with Crippen molar-refractivity contribution in [3.8, 4) is 0 Å². The Labute approximate surface area is 176 Å². The summed E-state index contributed by atoms with van der Waals surface area (Å²) in [5.74, 6) is 1.03. The first-order chi connectivity index (χ1) is 14.3. The van der Waals surface area contributed by atoms with Crippen molar-refractivity contribution in [1.29, 1.82) is 0 Å². The Morgan fingerprint density at radius 1 is 1.23 bits per heavy atom. The van der Waals surface area contributed by atoms with Crippen LogP contribution in [0.5, 0.6) is 0 Å². The van der Waals surface area contributed by atoms with Gasteiger partial charge in [-0.3, -0.25) is 0 Å². The third-order valence-corrected chi connectivity index (χ3v) is 7.30. The number of rotatable bonds is 7. The first-order valence-corrected chi connectivity index (χ1v) is 11.9. The molecule has 4 rings (SSSR count). The lowest BCUT2D eigenvalue weighted by atomic mass is 10.0. The Morgan fingerprint density at radius 2 is 2.07 bits per heavy atom. The summed E-state index contributed by atoms with van der Waals surface area (Å²) in [6.45, 7) is 6.11. The van der Waals surface area contributed by atoms with Crippen LogP contribution in [0.2, 0.25) is 0 Å². The second kappa shape index (κ2) is 8.43. The standard InChI is InChI=1S/C22H27FN4O2S/c1-16(2)13-27-21(25-20-7-4-9-24-22(20)27)12-17-8-10-26(14-17)30(28,29)15-18-5-3-6-19(23)11-18/h3-7,9,11,16-17H,8,10,12-15H2,1-2H3. The number of pyridine rings is 1. The molecule has 1 aromatic carbocycles. The van der Waals surface area contributed by atoms with Crippen molar-refractivity contribution in [2.45, 2.75) is 39.0 Å². The molecule has 3 aromatic rings. The third kappa shape index (κ3) is 4.54. The van der Waals surface area contributed by atoms with Gasteiger partial charge in [-0.05, 0) is 48.1 Å². The number of aromatic nitrogens is 3. The van der Waals surface area contributed by atoms with E-state index in [1.54, 1.807) is 18.3 Å². The second-order valence-corrected chi connectivity index (χ2v) is 10.5. The molecule has 1 fully saturated rings. The molecule has 1 atom stereocenters. The minimum atomic E-state index is -3.48. The van der Waals surface area contributed by atoms with E-state index in [1.807, 2.05) is 12.1 Å². The van der Waals surface area contributed by atoms with Crippen molar-refractivity contribution >= 4 is 21.2 Å². The maximum atomic E-state index is 13.4. The summed E-state index contributed by atoms with van der Waals surface area (Å²) in [5, 5.41) is 0. The minimum absolute atomic E-state index is 0.173. The molecule has 30 heavy (non-hydrogen) atoms. The number of nitrogens with zero attached hydrogens (tertiary/aromatic N) is 4. The average molecular weight is 431 g/mol. The lowest BCUT2D eigenvalue weighted by Gasteiger charge is -2.17. The topological polar surface area (TPSA) is 68.1 Å². The van der Waals surface area contributed by atoms with Gasteiger partial charge in [0.15, 0.2) is 5.65 Å². The van der Waals surface area contributed by atoms with E-state index in [0.29, 0.717) is 24.6 Å². The quantitative estimate of drug-likeness (QED) is 0.574. The van der Waals surface area contributed by atoms with Gasteiger partial charge in [0.2, 0.25) is 10.0 Å². The van der Waals surface area contributed by atoms with E-state index < -0.39 is 15.8 Å². The van der Waals surface area contributed by atoms with Crippen molar-refractivity contribution in [2.24, 2.45) is 11.8 Å². The van der Waals surface area contributed by atoms with E-state index in [2.05, 4.69) is 23.4 Å². The predicted octanol–water partition coefficient (Wildman–Crippen LogP) is 3.62. The molecule has 6 nitrogen and oxygen atoms in total. The van der Waals surface area contributed by atoms with Crippen molar-refractivity contribution in [3.63, 3.8) is 0 Å². The maximum absolute atomic E-state index is 13.4. The predicted molar refractivity (Wildman–Crippen MR) is 115 cm³/mol. The van der Waals surface area contributed by atoms with Gasteiger partial charge >= 0.3 is 0 Å². The van der Waals surface area contributed by atoms with Gasteiger partial charge in [0, 0.05) is 32.3 Å². The van der Waals surface area contributed by atoms with Gasteiger partial charge in [0.05, 0.1) is 5.75 Å². The summed E-state index contributed by atoms with van der Waals surface area (Å²) in [7, 11) is -3.48. The van der Waals surface area contributed by atoms with E-state index in [0.717, 1.165) is 36.4 Å². The first kappa shape index (κ1) is 20.9. The molecule has 8 heteroatoms. The highest BCUT2D eigenvalue weighted by atomic mass is 32.2. The zero-order chi connectivity index (χ0) is 21.3. The lowest BCUT2D eigenvalue weighted by molar-refractivity contribution is 0.444. The van der Waals surface area contributed by atoms with Gasteiger partial charge < -0.3 is 4.57 Å². The average Bonchev–Trinajstić information content (AvgIpc) is 3.27. The first-order valence-electron chi connectivity index (χ1n) is 10.3. The molecule has 2 aromatic heterocycles. The minimum Gasteiger partial charge on any atom is -0.312 e. The molecule has 0 bridgehead atoms. The molecule has 1 aliphatic rings. The highest BCUT2D eigenvalue weighted by molar-refractivity contribution is 7.88. The van der Waals surface area contributed by atoms with Crippen LogP contribution in [0.15, 0.2) is 42.6 Å². The van der Waals surface area contributed by atoms with Gasteiger partial charge in [0.25, 0.3) is 0 Å². The lowest BCUT2D eigenvalue weighted by Crippen LogP contribution is -2.30. The molecule has 0 spiro atoms. The van der Waals surface area contributed by atoms with E-state index in [4.69, 9.17) is 4.98 Å². The fourth-order valence-electron chi connectivity index (χ4n) is 4.12. The summed E-state index contributed by atoms with van der Waals surface area (Å²) in [6, 6.07) is 9.64. The number of fused-ring (bicyclic) bond motifs is 1. The van der Waals surface area contributed by atoms with Crippen LogP contribution in [0.3, 0.4) is 0 Å². The zero-order valence-corrected chi connectivity index (χ0v) is 18.1. The summed E-state index contributed by atoms with van der Waals surface area (Å²) < 4.78 is 42.8. The monoisotopic (exact) mass is 430 g/mol. The van der Waals surface area contributed by atoms with Crippen molar-refractivity contribution in [1.82, 2.24) is 18.8 Å². The van der Waals surface area contributed by atoms with E-state index >= 15 is 0 Å². The highest BCUT2D eigenvalue weighted by Crippen LogP contribution is 2.26. The number of benzene rings is 1. The van der Waals surface area contributed by atoms with Crippen LogP contribution in [0, 0.1) is 17.7 Å². The number of sulfonamides is 1. The van der Waals surface area contributed by atoms with Crippen LogP contribution in [-0.4, -0.2) is 40.3 Å². The smallest absolute Gasteiger partial charge is 0.218 e. The molecule has 160 valence electrons. The zero-order valence-electron chi connectivity index (χ0n) is 17.3. The van der Waals surface area contributed by atoms with Crippen molar-refractivity contribution < 1.29 is 12.8 Å². The normalized spacial score (nSPS) is 17.9. The van der Waals surface area contributed by atoms with Crippen LogP contribution in [0.4, 0.5) is 4.39 Å².